The van der Waals surface area contributed by atoms with Crippen molar-refractivity contribution in [1.82, 2.24) is 9.97 Å². The summed E-state index contributed by atoms with van der Waals surface area (Å²) in [6.07, 6.45) is 1.42. The molecule has 3 aromatic rings. The van der Waals surface area contributed by atoms with Crippen molar-refractivity contribution >= 4 is 46.1 Å². The molecule has 1 heterocycles. The summed E-state index contributed by atoms with van der Waals surface area (Å²) in [6.45, 7) is 0.846. The summed E-state index contributed by atoms with van der Waals surface area (Å²) in [7, 11) is 0. The van der Waals surface area contributed by atoms with Crippen LogP contribution in [0.3, 0.4) is 0 Å². The normalized spacial score (nSPS) is 10.4. The van der Waals surface area contributed by atoms with Crippen LogP contribution in [0, 0.1) is 10.1 Å². The van der Waals surface area contributed by atoms with Crippen LogP contribution in [0.4, 0.5) is 22.9 Å². The van der Waals surface area contributed by atoms with Crippen molar-refractivity contribution in [3.05, 3.63) is 75.1 Å². The van der Waals surface area contributed by atoms with Gasteiger partial charge < -0.3 is 15.4 Å². The fourth-order valence-corrected chi connectivity index (χ4v) is 2.60. The number of ether oxygens (including phenoxy) is 1. The van der Waals surface area contributed by atoms with E-state index in [4.69, 9.17) is 27.9 Å². The molecule has 0 atom stereocenters. The van der Waals surface area contributed by atoms with E-state index in [2.05, 4.69) is 20.6 Å². The minimum absolute atomic E-state index is 0.00674. The molecule has 1 aromatic heterocycles. The second-order valence-electron chi connectivity index (χ2n) is 5.57. The van der Waals surface area contributed by atoms with Crippen LogP contribution in [0.1, 0.15) is 0 Å². The van der Waals surface area contributed by atoms with Gasteiger partial charge >= 0.3 is 0 Å². The van der Waals surface area contributed by atoms with E-state index in [1.807, 2.05) is 24.3 Å². The van der Waals surface area contributed by atoms with Gasteiger partial charge in [0.05, 0.1) is 17.2 Å². The predicted molar refractivity (Wildman–Crippen MR) is 109 cm³/mol. The first-order chi connectivity index (χ1) is 13.5. The molecule has 0 saturated carbocycles. The van der Waals surface area contributed by atoms with Crippen molar-refractivity contribution < 1.29 is 9.66 Å². The summed E-state index contributed by atoms with van der Waals surface area (Å²) in [5.41, 5.74) is 1.61. The third-order valence-electron chi connectivity index (χ3n) is 3.57. The third-order valence-corrected chi connectivity index (χ3v) is 4.03. The lowest BCUT2D eigenvalue weighted by Gasteiger charge is -2.11. The number of rotatable bonds is 8. The molecule has 0 aliphatic heterocycles. The van der Waals surface area contributed by atoms with Gasteiger partial charge in [0.15, 0.2) is 5.82 Å². The molecular formula is C18H15Cl2N5O3. The van der Waals surface area contributed by atoms with Gasteiger partial charge in [0.1, 0.15) is 17.4 Å². The van der Waals surface area contributed by atoms with Crippen molar-refractivity contribution in [2.24, 2.45) is 0 Å². The summed E-state index contributed by atoms with van der Waals surface area (Å²) < 4.78 is 5.54. The number of nitro benzene ring substituents is 1. The molecule has 2 N–H and O–H groups in total. The third kappa shape index (κ3) is 5.45. The highest BCUT2D eigenvalue weighted by atomic mass is 35.5. The van der Waals surface area contributed by atoms with E-state index in [9.17, 15) is 10.1 Å². The average Bonchev–Trinajstić information content (AvgIpc) is 2.69. The van der Waals surface area contributed by atoms with Gasteiger partial charge in [-0.1, -0.05) is 23.7 Å². The average molecular weight is 420 g/mol. The lowest BCUT2D eigenvalue weighted by atomic mass is 10.2. The molecule has 144 valence electrons. The van der Waals surface area contributed by atoms with Gasteiger partial charge in [-0.15, -0.1) is 0 Å². The Balaban J connectivity index is 1.54. The highest BCUT2D eigenvalue weighted by molar-refractivity contribution is 6.33. The molecule has 0 bridgehead atoms. The number of halogens is 2. The van der Waals surface area contributed by atoms with Crippen LogP contribution < -0.4 is 15.4 Å². The minimum Gasteiger partial charge on any atom is -0.491 e. The van der Waals surface area contributed by atoms with Crippen molar-refractivity contribution in [1.29, 1.82) is 0 Å². The van der Waals surface area contributed by atoms with E-state index in [0.717, 1.165) is 11.4 Å². The zero-order valence-electron chi connectivity index (χ0n) is 14.4. The molecule has 28 heavy (non-hydrogen) atoms. The van der Waals surface area contributed by atoms with Gasteiger partial charge in [-0.3, -0.25) is 10.1 Å². The SMILES string of the molecule is O=[N+]([O-])c1cccc(OCCNc2cccc(Nc3nc(Cl)ncc3Cl)c2)c1. The Morgan fingerprint density at radius 3 is 2.71 bits per heavy atom. The number of non-ortho nitro benzene ring substituents is 1. The molecule has 3 rings (SSSR count). The number of nitrogens with one attached hydrogen (secondary N) is 2. The molecule has 0 spiro atoms. The second-order valence-corrected chi connectivity index (χ2v) is 6.32. The molecule has 0 fully saturated rings. The highest BCUT2D eigenvalue weighted by Crippen LogP contribution is 2.25. The number of aromatic nitrogens is 2. The second kappa shape index (κ2) is 9.20. The van der Waals surface area contributed by atoms with Crippen LogP contribution in [0.25, 0.3) is 0 Å². The number of hydrogen-bond acceptors (Lipinski definition) is 7. The Morgan fingerprint density at radius 2 is 1.89 bits per heavy atom. The van der Waals surface area contributed by atoms with E-state index in [1.165, 1.54) is 18.3 Å². The Morgan fingerprint density at radius 1 is 1.11 bits per heavy atom. The van der Waals surface area contributed by atoms with Crippen LogP contribution in [0.2, 0.25) is 10.3 Å². The smallest absolute Gasteiger partial charge is 0.273 e. The largest absolute Gasteiger partial charge is 0.491 e. The first kappa shape index (κ1) is 19.7. The molecule has 8 nitrogen and oxygen atoms in total. The van der Waals surface area contributed by atoms with Crippen molar-refractivity contribution in [2.45, 2.75) is 0 Å². The van der Waals surface area contributed by atoms with Gasteiger partial charge in [-0.2, -0.15) is 4.98 Å². The first-order valence-corrected chi connectivity index (χ1v) is 8.93. The van der Waals surface area contributed by atoms with Crippen molar-refractivity contribution in [3.8, 4) is 5.75 Å². The van der Waals surface area contributed by atoms with Gasteiger partial charge in [0, 0.05) is 24.0 Å². The Hall–Kier alpha value is -3.10. The number of nitro groups is 1. The molecule has 0 radical (unpaired) electrons. The number of hydrogen-bond donors (Lipinski definition) is 2. The molecule has 0 aliphatic rings. The van der Waals surface area contributed by atoms with Crippen LogP contribution in [0.5, 0.6) is 5.75 Å². The molecule has 0 aliphatic carbocycles. The summed E-state index contributed by atoms with van der Waals surface area (Å²) in [5.74, 6) is 0.856. The van der Waals surface area contributed by atoms with Crippen LogP contribution in [-0.4, -0.2) is 28.0 Å². The minimum atomic E-state index is -0.458. The fraction of sp³-hybridized carbons (Fsp3) is 0.111. The predicted octanol–water partition coefficient (Wildman–Crippen LogP) is 4.93. The maximum absolute atomic E-state index is 10.8. The number of nitrogens with zero attached hydrogens (tertiary/aromatic N) is 3. The van der Waals surface area contributed by atoms with Crippen molar-refractivity contribution in [2.75, 3.05) is 23.8 Å². The zero-order chi connectivity index (χ0) is 19.9. The topological polar surface area (TPSA) is 102 Å². The number of anilines is 3. The molecule has 10 heteroatoms. The number of benzene rings is 2. The Labute approximate surface area is 170 Å². The van der Waals surface area contributed by atoms with Crippen LogP contribution in [-0.2, 0) is 0 Å². The van der Waals surface area contributed by atoms with E-state index >= 15 is 0 Å². The summed E-state index contributed by atoms with van der Waals surface area (Å²) in [5, 5.41) is 17.5. The van der Waals surface area contributed by atoms with Crippen LogP contribution >= 0.6 is 23.2 Å². The first-order valence-electron chi connectivity index (χ1n) is 8.17. The van der Waals surface area contributed by atoms with E-state index in [-0.39, 0.29) is 11.0 Å². The Bertz CT molecular complexity index is 987. The molecule has 2 aromatic carbocycles. The summed E-state index contributed by atoms with van der Waals surface area (Å²) in [4.78, 5) is 18.2. The molecule has 0 unspecified atom stereocenters. The van der Waals surface area contributed by atoms with Gasteiger partial charge in [-0.05, 0) is 35.9 Å². The molecule has 0 amide bonds. The standard InChI is InChI=1S/C18H15Cl2N5O3/c19-16-11-22-18(20)24-17(16)23-13-4-1-3-12(9-13)21-7-8-28-15-6-2-5-14(10-15)25(26)27/h1-6,9-11,21H,7-8H2,(H,22,23,24). The fourth-order valence-electron chi connectivity index (χ4n) is 2.33. The highest BCUT2D eigenvalue weighted by Gasteiger charge is 2.07. The van der Waals surface area contributed by atoms with Gasteiger partial charge in [0.2, 0.25) is 5.28 Å². The summed E-state index contributed by atoms with van der Waals surface area (Å²) >= 11 is 11.8. The molecule has 0 saturated heterocycles. The van der Waals surface area contributed by atoms with Crippen LogP contribution in [0.15, 0.2) is 54.7 Å². The van der Waals surface area contributed by atoms with Gasteiger partial charge in [0.25, 0.3) is 5.69 Å². The quantitative estimate of drug-likeness (QED) is 0.231. The maximum atomic E-state index is 10.8. The van der Waals surface area contributed by atoms with E-state index in [1.54, 1.807) is 12.1 Å². The summed E-state index contributed by atoms with van der Waals surface area (Å²) in [6, 6.07) is 13.6. The van der Waals surface area contributed by atoms with E-state index in [0.29, 0.717) is 29.7 Å². The lowest BCUT2D eigenvalue weighted by molar-refractivity contribution is -0.384. The monoisotopic (exact) mass is 419 g/mol. The maximum Gasteiger partial charge on any atom is 0.273 e. The lowest BCUT2D eigenvalue weighted by Crippen LogP contribution is -2.11. The van der Waals surface area contributed by atoms with E-state index < -0.39 is 4.92 Å². The molecular weight excluding hydrogens is 405 g/mol. The zero-order valence-corrected chi connectivity index (χ0v) is 15.9. The van der Waals surface area contributed by atoms with Gasteiger partial charge in [-0.25, -0.2) is 4.98 Å². The van der Waals surface area contributed by atoms with Crippen molar-refractivity contribution in [3.63, 3.8) is 0 Å². The Kier molecular flexibility index (Phi) is 6.46.